The van der Waals surface area contributed by atoms with Gasteiger partial charge in [-0.2, -0.15) is 0 Å². The second kappa shape index (κ2) is 10.3. The van der Waals surface area contributed by atoms with Gasteiger partial charge in [-0.25, -0.2) is 4.57 Å². The van der Waals surface area contributed by atoms with Crippen LogP contribution in [0.1, 0.15) is 47.9 Å². The Morgan fingerprint density at radius 3 is 1.42 bits per heavy atom. The molecule has 1 heterocycles. The summed E-state index contributed by atoms with van der Waals surface area (Å²) in [5, 5.41) is 4.42. The molecule has 0 aromatic heterocycles. The van der Waals surface area contributed by atoms with Crippen molar-refractivity contribution >= 4 is 29.4 Å². The van der Waals surface area contributed by atoms with Crippen LogP contribution in [0.5, 0.6) is 11.5 Å². The number of fused-ring (bicyclic) bond motifs is 9. The predicted octanol–water partition coefficient (Wildman–Crippen LogP) is 10.6. The first kappa shape index (κ1) is 27.0. The van der Waals surface area contributed by atoms with Crippen molar-refractivity contribution in [1.82, 2.24) is 0 Å². The Morgan fingerprint density at radius 1 is 0.511 bits per heavy atom. The zero-order chi connectivity index (χ0) is 30.1. The number of phosphoric ester groups is 1. The highest BCUT2D eigenvalue weighted by Gasteiger charge is 2.40. The Balaban J connectivity index is 1.44. The summed E-state index contributed by atoms with van der Waals surface area (Å²) in [5.41, 5.74) is 10.7. The molecule has 222 valence electrons. The highest BCUT2D eigenvalue weighted by molar-refractivity contribution is 7.48. The van der Waals surface area contributed by atoms with Crippen LogP contribution in [0.4, 0.5) is 0 Å². The second-order valence-electron chi connectivity index (χ2n) is 12.7. The van der Waals surface area contributed by atoms with E-state index in [4.69, 9.17) is 9.05 Å². The summed E-state index contributed by atoms with van der Waals surface area (Å²) < 4.78 is 26.7. The van der Waals surface area contributed by atoms with Gasteiger partial charge in [0, 0.05) is 22.3 Å². The first-order chi connectivity index (χ1) is 22.1. The summed E-state index contributed by atoms with van der Waals surface area (Å²) >= 11 is 0. The topological polar surface area (TPSA) is 55.8 Å². The zero-order valence-electron chi connectivity index (χ0n) is 25.0. The van der Waals surface area contributed by atoms with Gasteiger partial charge in [0.2, 0.25) is 0 Å². The molecule has 1 aliphatic heterocycles. The van der Waals surface area contributed by atoms with E-state index in [9.17, 15) is 9.46 Å². The lowest BCUT2D eigenvalue weighted by atomic mass is 9.77. The van der Waals surface area contributed by atoms with Gasteiger partial charge in [0.1, 0.15) is 11.5 Å². The van der Waals surface area contributed by atoms with Crippen LogP contribution in [0, 0.1) is 0 Å². The molecule has 0 spiro atoms. The van der Waals surface area contributed by atoms with Crippen molar-refractivity contribution in [2.45, 2.75) is 51.4 Å². The van der Waals surface area contributed by atoms with Gasteiger partial charge < -0.3 is 9.05 Å². The molecular weight excluding hydrogens is 575 g/mol. The third kappa shape index (κ3) is 4.35. The van der Waals surface area contributed by atoms with Gasteiger partial charge in [-0.1, -0.05) is 84.9 Å². The lowest BCUT2D eigenvalue weighted by Gasteiger charge is -2.28. The molecule has 3 aliphatic rings. The van der Waals surface area contributed by atoms with Crippen molar-refractivity contribution in [3.05, 3.63) is 119 Å². The SMILES string of the molecule is O=P1(O)Oc2c(-c3cccc4ccccc34)cc3c(c2-c2c4c(cc(-c5cccc6ccccc56)c2O1)CCCC4)CCCC3. The average Bonchev–Trinajstić information content (AvgIpc) is 3.20. The number of hydrogen-bond acceptors (Lipinski definition) is 3. The molecule has 1 N–H and O–H groups in total. The Kier molecular flexibility index (Phi) is 6.20. The molecule has 0 saturated carbocycles. The van der Waals surface area contributed by atoms with Gasteiger partial charge in [0.15, 0.2) is 0 Å². The standard InChI is InChI=1S/C40H33O4P/c41-45(42)43-39-35(33-21-9-15-25-11-1-5-17-29(25)33)23-27-13-3-7-19-31(27)37(39)38-32-20-8-4-14-28(32)24-36(40(38)44-45)34-22-10-16-26-12-2-6-18-30(26)34/h1-2,5-6,9-12,15-18,21-24H,3-4,7-8,13-14,19-20H2,(H,41,42). The van der Waals surface area contributed by atoms with Crippen molar-refractivity contribution < 1.29 is 18.5 Å². The predicted molar refractivity (Wildman–Crippen MR) is 182 cm³/mol. The maximum atomic E-state index is 14.1. The molecular formula is C40H33O4P. The van der Waals surface area contributed by atoms with Gasteiger partial charge >= 0.3 is 7.82 Å². The zero-order valence-corrected chi connectivity index (χ0v) is 25.9. The third-order valence-electron chi connectivity index (χ3n) is 10.0. The lowest BCUT2D eigenvalue weighted by molar-refractivity contribution is 0.295. The maximum Gasteiger partial charge on any atom is 0.584 e. The summed E-state index contributed by atoms with van der Waals surface area (Å²) in [6.45, 7) is 0. The van der Waals surface area contributed by atoms with Crippen LogP contribution in [0.15, 0.2) is 97.1 Å². The molecule has 9 rings (SSSR count). The third-order valence-corrected chi connectivity index (χ3v) is 10.9. The number of rotatable bonds is 2. The molecule has 0 unspecified atom stereocenters. The molecule has 6 aromatic carbocycles. The van der Waals surface area contributed by atoms with Crippen LogP contribution in [0.25, 0.3) is 54.9 Å². The average molecular weight is 609 g/mol. The summed E-state index contributed by atoms with van der Waals surface area (Å²) in [6, 6.07) is 33.6. The second-order valence-corrected chi connectivity index (χ2v) is 14.0. The Hall–Kier alpha value is -4.37. The van der Waals surface area contributed by atoms with E-state index in [0.29, 0.717) is 11.5 Å². The van der Waals surface area contributed by atoms with Gasteiger partial charge in [0.05, 0.1) is 0 Å². The highest BCUT2D eigenvalue weighted by atomic mass is 31.2. The van der Waals surface area contributed by atoms with Gasteiger partial charge in [0.25, 0.3) is 0 Å². The molecule has 2 aliphatic carbocycles. The van der Waals surface area contributed by atoms with Crippen LogP contribution in [-0.4, -0.2) is 4.89 Å². The summed E-state index contributed by atoms with van der Waals surface area (Å²) in [5.74, 6) is 0.943. The summed E-state index contributed by atoms with van der Waals surface area (Å²) in [7, 11) is -4.58. The van der Waals surface area contributed by atoms with Crippen molar-refractivity contribution in [3.8, 4) is 44.9 Å². The van der Waals surface area contributed by atoms with E-state index in [0.717, 1.165) is 106 Å². The molecule has 0 atom stereocenters. The maximum absolute atomic E-state index is 14.1. The highest BCUT2D eigenvalue weighted by Crippen LogP contribution is 2.62. The van der Waals surface area contributed by atoms with Gasteiger partial charge in [-0.15, -0.1) is 0 Å². The largest absolute Gasteiger partial charge is 0.584 e. The lowest BCUT2D eigenvalue weighted by Crippen LogP contribution is -2.10. The van der Waals surface area contributed by atoms with E-state index in [1.165, 1.54) is 22.3 Å². The summed E-state index contributed by atoms with van der Waals surface area (Å²) in [4.78, 5) is 11.5. The van der Waals surface area contributed by atoms with Crippen LogP contribution >= 0.6 is 7.82 Å². The fourth-order valence-electron chi connectivity index (χ4n) is 8.06. The molecule has 0 radical (unpaired) electrons. The molecule has 45 heavy (non-hydrogen) atoms. The van der Waals surface area contributed by atoms with Crippen molar-refractivity contribution in [2.24, 2.45) is 0 Å². The number of phosphoric acid groups is 1. The molecule has 4 nitrogen and oxygen atoms in total. The monoisotopic (exact) mass is 608 g/mol. The first-order valence-corrected chi connectivity index (χ1v) is 17.6. The minimum Gasteiger partial charge on any atom is -0.394 e. The van der Waals surface area contributed by atoms with Crippen LogP contribution < -0.4 is 9.05 Å². The van der Waals surface area contributed by atoms with E-state index in [1.54, 1.807) is 0 Å². The first-order valence-electron chi connectivity index (χ1n) is 16.1. The van der Waals surface area contributed by atoms with Crippen LogP contribution in [0.3, 0.4) is 0 Å². The molecule has 0 fully saturated rings. The van der Waals surface area contributed by atoms with E-state index in [-0.39, 0.29) is 0 Å². The Bertz CT molecular complexity index is 2070. The Labute approximate surface area is 262 Å². The van der Waals surface area contributed by atoms with E-state index >= 15 is 0 Å². The van der Waals surface area contributed by atoms with Gasteiger partial charge in [-0.3, -0.25) is 4.89 Å². The number of benzene rings is 6. The number of hydrogen-bond donors (Lipinski definition) is 1. The fraction of sp³-hybridized carbons (Fsp3) is 0.200. The van der Waals surface area contributed by atoms with E-state index < -0.39 is 7.82 Å². The minimum atomic E-state index is -4.58. The van der Waals surface area contributed by atoms with E-state index in [1.807, 2.05) is 24.3 Å². The molecule has 6 aromatic rings. The fourth-order valence-corrected chi connectivity index (χ4v) is 8.94. The molecule has 5 heteroatoms. The van der Waals surface area contributed by atoms with Crippen molar-refractivity contribution in [2.75, 3.05) is 0 Å². The molecule has 0 amide bonds. The Morgan fingerprint density at radius 2 is 0.933 bits per heavy atom. The van der Waals surface area contributed by atoms with Crippen LogP contribution in [0.2, 0.25) is 0 Å². The molecule has 0 bridgehead atoms. The number of aryl methyl sites for hydroxylation is 2. The summed E-state index contributed by atoms with van der Waals surface area (Å²) in [6.07, 6.45) is 8.14. The normalized spacial score (nSPS) is 16.5. The van der Waals surface area contributed by atoms with Crippen LogP contribution in [-0.2, 0) is 30.2 Å². The van der Waals surface area contributed by atoms with Crippen molar-refractivity contribution in [1.29, 1.82) is 0 Å². The van der Waals surface area contributed by atoms with E-state index in [2.05, 4.69) is 72.8 Å². The quantitative estimate of drug-likeness (QED) is 0.199. The molecule has 0 saturated heterocycles. The minimum absolute atomic E-state index is 0.472. The smallest absolute Gasteiger partial charge is 0.394 e. The van der Waals surface area contributed by atoms with Crippen molar-refractivity contribution in [3.63, 3.8) is 0 Å². The van der Waals surface area contributed by atoms with Gasteiger partial charge in [-0.05, 0) is 118 Å².